The minimum Gasteiger partial charge on any atom is -0.478 e. The van der Waals surface area contributed by atoms with Gasteiger partial charge in [-0.25, -0.2) is 4.79 Å². The van der Waals surface area contributed by atoms with E-state index in [-0.39, 0.29) is 24.4 Å². The number of carboxylic acids is 1. The molecule has 0 saturated heterocycles. The lowest BCUT2D eigenvalue weighted by Crippen LogP contribution is -2.27. The zero-order valence-corrected chi connectivity index (χ0v) is 14.3. The lowest BCUT2D eigenvalue weighted by molar-refractivity contribution is -0.129. The fraction of sp³-hybridized carbons (Fsp3) is 0.278. The number of benzene rings is 1. The number of carboxylic acid groups (broad SMARTS) is 1. The highest BCUT2D eigenvalue weighted by molar-refractivity contribution is 5.89. The number of para-hydroxylation sites is 1. The summed E-state index contributed by atoms with van der Waals surface area (Å²) < 4.78 is 7.18. The first kappa shape index (κ1) is 16.8. The Balaban J connectivity index is 1.74. The van der Waals surface area contributed by atoms with Crippen LogP contribution in [-0.4, -0.2) is 38.7 Å². The number of carbonyl (C=O) groups excluding carboxylic acids is 1. The number of hydrogen-bond acceptors (Lipinski definition) is 4. The highest BCUT2D eigenvalue weighted by atomic mass is 16.4. The van der Waals surface area contributed by atoms with Gasteiger partial charge in [-0.2, -0.15) is 5.10 Å². The molecule has 7 nitrogen and oxygen atoms in total. The van der Waals surface area contributed by atoms with Crippen molar-refractivity contribution in [2.45, 2.75) is 19.9 Å². The predicted octanol–water partition coefficient (Wildman–Crippen LogP) is 2.37. The monoisotopic (exact) mass is 341 g/mol. The Bertz CT molecular complexity index is 955. The average Bonchev–Trinajstić information content (AvgIpc) is 3.08. The molecule has 0 bridgehead atoms. The van der Waals surface area contributed by atoms with E-state index in [0.29, 0.717) is 11.5 Å². The van der Waals surface area contributed by atoms with Gasteiger partial charge in [0.2, 0.25) is 5.91 Å². The highest BCUT2D eigenvalue weighted by Gasteiger charge is 2.19. The molecule has 1 aromatic carbocycles. The van der Waals surface area contributed by atoms with Crippen molar-refractivity contribution in [2.24, 2.45) is 7.05 Å². The molecule has 0 saturated carbocycles. The summed E-state index contributed by atoms with van der Waals surface area (Å²) in [5.41, 5.74) is 1.81. The van der Waals surface area contributed by atoms with E-state index >= 15 is 0 Å². The number of furan rings is 1. The molecular weight excluding hydrogens is 322 g/mol. The third-order valence-corrected chi connectivity index (χ3v) is 4.17. The Hall–Kier alpha value is -3.09. The maximum absolute atomic E-state index is 12.5. The van der Waals surface area contributed by atoms with Gasteiger partial charge < -0.3 is 14.4 Å². The van der Waals surface area contributed by atoms with Gasteiger partial charge in [-0.05, 0) is 19.1 Å². The molecule has 0 fully saturated rings. The summed E-state index contributed by atoms with van der Waals surface area (Å²) in [6.07, 6.45) is 0.170. The van der Waals surface area contributed by atoms with Crippen molar-refractivity contribution >= 4 is 22.8 Å². The fourth-order valence-electron chi connectivity index (χ4n) is 2.85. The Morgan fingerprint density at radius 1 is 1.32 bits per heavy atom. The molecule has 1 N–H and O–H groups in total. The van der Waals surface area contributed by atoms with Crippen molar-refractivity contribution < 1.29 is 19.1 Å². The van der Waals surface area contributed by atoms with Crippen molar-refractivity contribution in [3.05, 3.63) is 53.1 Å². The van der Waals surface area contributed by atoms with Gasteiger partial charge in [0.1, 0.15) is 17.1 Å². The van der Waals surface area contributed by atoms with E-state index in [1.807, 2.05) is 31.3 Å². The lowest BCUT2D eigenvalue weighted by atomic mass is 10.1. The molecular formula is C18H19N3O4. The molecule has 0 unspecified atom stereocenters. The van der Waals surface area contributed by atoms with Crippen LogP contribution in [0.25, 0.3) is 10.9 Å². The second-order valence-corrected chi connectivity index (χ2v) is 6.00. The van der Waals surface area contributed by atoms with Gasteiger partial charge in [0.15, 0.2) is 0 Å². The quantitative estimate of drug-likeness (QED) is 0.770. The van der Waals surface area contributed by atoms with Crippen LogP contribution >= 0.6 is 0 Å². The summed E-state index contributed by atoms with van der Waals surface area (Å²) in [6, 6.07) is 9.21. The number of fused-ring (bicyclic) bond motifs is 1. The van der Waals surface area contributed by atoms with Crippen molar-refractivity contribution in [1.82, 2.24) is 14.7 Å². The Labute approximate surface area is 144 Å². The van der Waals surface area contributed by atoms with Crippen LogP contribution in [0, 0.1) is 6.92 Å². The van der Waals surface area contributed by atoms with E-state index in [0.717, 1.165) is 16.6 Å². The number of aryl methyl sites for hydroxylation is 2. The largest absolute Gasteiger partial charge is 0.478 e. The highest BCUT2D eigenvalue weighted by Crippen LogP contribution is 2.19. The molecule has 3 aromatic rings. The first-order chi connectivity index (χ1) is 11.9. The summed E-state index contributed by atoms with van der Waals surface area (Å²) in [6.45, 7) is 1.80. The topological polar surface area (TPSA) is 88.6 Å². The smallest absolute Gasteiger partial charge is 0.339 e. The zero-order chi connectivity index (χ0) is 18.1. The van der Waals surface area contributed by atoms with Crippen LogP contribution in [0.5, 0.6) is 0 Å². The fourth-order valence-corrected chi connectivity index (χ4v) is 2.85. The summed E-state index contributed by atoms with van der Waals surface area (Å²) in [4.78, 5) is 25.1. The molecule has 0 aliphatic carbocycles. The van der Waals surface area contributed by atoms with Crippen LogP contribution < -0.4 is 0 Å². The second-order valence-electron chi connectivity index (χ2n) is 6.00. The van der Waals surface area contributed by atoms with E-state index in [1.54, 1.807) is 18.7 Å². The molecule has 0 aliphatic heterocycles. The molecule has 3 rings (SSSR count). The number of nitrogens with zero attached hydrogens (tertiary/aromatic N) is 3. The van der Waals surface area contributed by atoms with E-state index in [4.69, 9.17) is 9.52 Å². The van der Waals surface area contributed by atoms with Gasteiger partial charge in [0.05, 0.1) is 24.2 Å². The van der Waals surface area contributed by atoms with E-state index < -0.39 is 5.97 Å². The lowest BCUT2D eigenvalue weighted by Gasteiger charge is -2.15. The number of rotatable bonds is 5. The van der Waals surface area contributed by atoms with Crippen LogP contribution in [0.1, 0.15) is 27.6 Å². The molecule has 25 heavy (non-hydrogen) atoms. The minimum atomic E-state index is -1.04. The Morgan fingerprint density at radius 3 is 2.72 bits per heavy atom. The van der Waals surface area contributed by atoms with E-state index in [1.165, 1.54) is 11.0 Å². The van der Waals surface area contributed by atoms with Gasteiger partial charge in [-0.1, -0.05) is 18.2 Å². The third-order valence-electron chi connectivity index (χ3n) is 4.17. The molecule has 0 aliphatic rings. The standard InChI is InChI=1S/C18H19N3O4/c1-11-14(18(23)24)8-12(25-11)10-20(2)17(22)9-15-13-6-4-5-7-16(13)21(3)19-15/h4-8H,9-10H2,1-3H3,(H,23,24). The molecule has 0 spiro atoms. The summed E-state index contributed by atoms with van der Waals surface area (Å²) in [7, 11) is 3.50. The molecule has 0 atom stereocenters. The number of carbonyl (C=O) groups is 2. The number of aromatic carboxylic acids is 1. The van der Waals surface area contributed by atoms with Gasteiger partial charge in [-0.3, -0.25) is 9.48 Å². The number of hydrogen-bond donors (Lipinski definition) is 1. The van der Waals surface area contributed by atoms with Gasteiger partial charge in [-0.15, -0.1) is 0 Å². The van der Waals surface area contributed by atoms with Crippen LogP contribution in [0.2, 0.25) is 0 Å². The first-order valence-corrected chi connectivity index (χ1v) is 7.84. The normalized spacial score (nSPS) is 11.0. The number of amides is 1. The first-order valence-electron chi connectivity index (χ1n) is 7.84. The zero-order valence-electron chi connectivity index (χ0n) is 14.3. The van der Waals surface area contributed by atoms with Crippen molar-refractivity contribution in [2.75, 3.05) is 7.05 Å². The molecule has 130 valence electrons. The number of aromatic nitrogens is 2. The minimum absolute atomic E-state index is 0.116. The summed E-state index contributed by atoms with van der Waals surface area (Å²) >= 11 is 0. The Morgan fingerprint density at radius 2 is 2.04 bits per heavy atom. The molecule has 2 heterocycles. The maximum Gasteiger partial charge on any atom is 0.339 e. The van der Waals surface area contributed by atoms with Crippen LogP contribution in [0.4, 0.5) is 0 Å². The molecule has 2 aromatic heterocycles. The molecule has 7 heteroatoms. The summed E-state index contributed by atoms with van der Waals surface area (Å²) in [5.74, 6) is -0.382. The van der Waals surface area contributed by atoms with Crippen LogP contribution in [0.3, 0.4) is 0 Å². The third kappa shape index (κ3) is 3.26. The SMILES string of the molecule is Cc1oc(CN(C)C(=O)Cc2nn(C)c3ccccc23)cc1C(=O)O. The Kier molecular flexibility index (Phi) is 4.31. The predicted molar refractivity (Wildman–Crippen MR) is 91.3 cm³/mol. The van der Waals surface area contributed by atoms with Crippen molar-refractivity contribution in [1.29, 1.82) is 0 Å². The van der Waals surface area contributed by atoms with Gasteiger partial charge >= 0.3 is 5.97 Å². The van der Waals surface area contributed by atoms with Crippen molar-refractivity contribution in [3.63, 3.8) is 0 Å². The van der Waals surface area contributed by atoms with E-state index in [2.05, 4.69) is 5.10 Å². The van der Waals surface area contributed by atoms with E-state index in [9.17, 15) is 9.59 Å². The average molecular weight is 341 g/mol. The number of likely N-dealkylation sites (N-methyl/N-ethyl adjacent to an activating group) is 1. The van der Waals surface area contributed by atoms with Crippen LogP contribution in [-0.2, 0) is 24.8 Å². The second kappa shape index (κ2) is 6.43. The van der Waals surface area contributed by atoms with Crippen LogP contribution in [0.15, 0.2) is 34.7 Å². The van der Waals surface area contributed by atoms with Gasteiger partial charge in [0, 0.05) is 19.5 Å². The molecule has 0 radical (unpaired) electrons. The molecule has 1 amide bonds. The van der Waals surface area contributed by atoms with Crippen molar-refractivity contribution in [3.8, 4) is 0 Å². The summed E-state index contributed by atoms with van der Waals surface area (Å²) in [5, 5.41) is 14.5. The maximum atomic E-state index is 12.5. The van der Waals surface area contributed by atoms with Gasteiger partial charge in [0.25, 0.3) is 0 Å².